The van der Waals surface area contributed by atoms with Crippen LogP contribution in [-0.2, 0) is 4.74 Å². The zero-order chi connectivity index (χ0) is 12.7. The molecular formula is C14H23NO2. The Bertz CT molecular complexity index is 331. The topological polar surface area (TPSA) is 30.5 Å². The molecule has 17 heavy (non-hydrogen) atoms. The normalized spacial score (nSPS) is 11.3. The average molecular weight is 237 g/mol. The lowest BCUT2D eigenvalue weighted by molar-refractivity contribution is 0.00332. The summed E-state index contributed by atoms with van der Waals surface area (Å²) in [7, 11) is 0. The van der Waals surface area contributed by atoms with Gasteiger partial charge in [-0.3, -0.25) is 0 Å². The minimum Gasteiger partial charge on any atom is -0.492 e. The number of ether oxygens (including phenoxy) is 2. The number of anilines is 1. The van der Waals surface area contributed by atoms with Gasteiger partial charge in [-0.15, -0.1) is 0 Å². The summed E-state index contributed by atoms with van der Waals surface area (Å²) in [6.45, 7) is 10.3. The summed E-state index contributed by atoms with van der Waals surface area (Å²) < 4.78 is 11.2. The van der Waals surface area contributed by atoms with E-state index in [4.69, 9.17) is 9.47 Å². The van der Waals surface area contributed by atoms with Gasteiger partial charge in [-0.05, 0) is 39.8 Å². The first-order chi connectivity index (χ1) is 8.03. The molecule has 0 aliphatic carbocycles. The molecule has 0 aromatic heterocycles. The van der Waals surface area contributed by atoms with Crippen LogP contribution in [0.4, 0.5) is 5.69 Å². The minimum absolute atomic E-state index is 0.0822. The monoisotopic (exact) mass is 237 g/mol. The predicted octanol–water partition coefficient (Wildman–Crippen LogP) is 3.31. The Morgan fingerprint density at radius 2 is 1.88 bits per heavy atom. The summed E-state index contributed by atoms with van der Waals surface area (Å²) in [4.78, 5) is 0. The van der Waals surface area contributed by atoms with E-state index >= 15 is 0 Å². The van der Waals surface area contributed by atoms with Gasteiger partial charge >= 0.3 is 0 Å². The maximum Gasteiger partial charge on any atom is 0.142 e. The fourth-order valence-corrected chi connectivity index (χ4v) is 1.44. The number of para-hydroxylation sites is 2. The van der Waals surface area contributed by atoms with E-state index < -0.39 is 0 Å². The van der Waals surface area contributed by atoms with Crippen molar-refractivity contribution in [1.82, 2.24) is 0 Å². The fourth-order valence-electron chi connectivity index (χ4n) is 1.44. The van der Waals surface area contributed by atoms with Crippen LogP contribution < -0.4 is 10.1 Å². The summed E-state index contributed by atoms with van der Waals surface area (Å²) in [5, 5.41) is 3.32. The molecule has 96 valence electrons. The third kappa shape index (κ3) is 5.59. The van der Waals surface area contributed by atoms with Gasteiger partial charge in [0.05, 0.1) is 24.5 Å². The van der Waals surface area contributed by atoms with Crippen LogP contribution in [0.15, 0.2) is 24.3 Å². The van der Waals surface area contributed by atoms with E-state index in [1.54, 1.807) is 0 Å². The Hall–Kier alpha value is -1.22. The zero-order valence-electron chi connectivity index (χ0n) is 11.2. The quantitative estimate of drug-likeness (QED) is 0.770. The molecule has 0 radical (unpaired) electrons. The van der Waals surface area contributed by atoms with Gasteiger partial charge in [0.2, 0.25) is 0 Å². The molecule has 1 rings (SSSR count). The predicted molar refractivity (Wildman–Crippen MR) is 71.8 cm³/mol. The van der Waals surface area contributed by atoms with E-state index in [1.807, 2.05) is 31.2 Å². The van der Waals surface area contributed by atoms with Gasteiger partial charge in [0.1, 0.15) is 5.75 Å². The molecule has 0 fully saturated rings. The summed E-state index contributed by atoms with van der Waals surface area (Å²) >= 11 is 0. The van der Waals surface area contributed by atoms with Crippen LogP contribution in [0.3, 0.4) is 0 Å². The van der Waals surface area contributed by atoms with Gasteiger partial charge < -0.3 is 14.8 Å². The van der Waals surface area contributed by atoms with Crippen LogP contribution in [0.25, 0.3) is 0 Å². The Kier molecular flexibility index (Phi) is 5.29. The van der Waals surface area contributed by atoms with Crippen molar-refractivity contribution in [3.8, 4) is 5.75 Å². The van der Waals surface area contributed by atoms with Crippen molar-refractivity contribution in [1.29, 1.82) is 0 Å². The highest BCUT2D eigenvalue weighted by molar-refractivity contribution is 5.56. The standard InChI is InChI=1S/C14H23NO2/c1-5-16-13-9-7-6-8-12(13)15-10-11-17-14(2,3)4/h6-9,15H,5,10-11H2,1-4H3. The van der Waals surface area contributed by atoms with E-state index in [9.17, 15) is 0 Å². The largest absolute Gasteiger partial charge is 0.492 e. The Labute approximate surface area is 104 Å². The first kappa shape index (κ1) is 13.8. The Morgan fingerprint density at radius 1 is 1.18 bits per heavy atom. The summed E-state index contributed by atoms with van der Waals surface area (Å²) in [5.41, 5.74) is 0.938. The Balaban J connectivity index is 2.41. The smallest absolute Gasteiger partial charge is 0.142 e. The lowest BCUT2D eigenvalue weighted by atomic mass is 10.2. The van der Waals surface area contributed by atoms with E-state index in [1.165, 1.54) is 0 Å². The molecule has 0 unspecified atom stereocenters. The maximum atomic E-state index is 5.65. The number of benzene rings is 1. The third-order valence-electron chi connectivity index (χ3n) is 2.14. The highest BCUT2D eigenvalue weighted by Crippen LogP contribution is 2.23. The molecule has 0 saturated heterocycles. The molecule has 0 saturated carbocycles. The van der Waals surface area contributed by atoms with Crippen molar-refractivity contribution < 1.29 is 9.47 Å². The lowest BCUT2D eigenvalue weighted by Gasteiger charge is -2.20. The first-order valence-corrected chi connectivity index (χ1v) is 6.12. The molecule has 1 aromatic rings. The van der Waals surface area contributed by atoms with Crippen LogP contribution >= 0.6 is 0 Å². The van der Waals surface area contributed by atoms with Crippen LogP contribution in [0.2, 0.25) is 0 Å². The zero-order valence-corrected chi connectivity index (χ0v) is 11.2. The van der Waals surface area contributed by atoms with Crippen molar-refractivity contribution in [3.05, 3.63) is 24.3 Å². The minimum atomic E-state index is -0.0822. The van der Waals surface area contributed by atoms with E-state index in [-0.39, 0.29) is 5.60 Å². The number of nitrogens with one attached hydrogen (secondary N) is 1. The fraction of sp³-hybridized carbons (Fsp3) is 0.571. The van der Waals surface area contributed by atoms with E-state index in [0.29, 0.717) is 13.2 Å². The van der Waals surface area contributed by atoms with Crippen LogP contribution in [0, 0.1) is 0 Å². The second-order valence-electron chi connectivity index (χ2n) is 4.82. The van der Waals surface area contributed by atoms with Crippen molar-refractivity contribution in [2.24, 2.45) is 0 Å². The molecule has 0 amide bonds. The van der Waals surface area contributed by atoms with Crippen molar-refractivity contribution >= 4 is 5.69 Å². The SMILES string of the molecule is CCOc1ccccc1NCCOC(C)(C)C. The van der Waals surface area contributed by atoms with Gasteiger partial charge in [-0.2, -0.15) is 0 Å². The highest BCUT2D eigenvalue weighted by atomic mass is 16.5. The molecule has 0 heterocycles. The molecule has 0 atom stereocenters. The first-order valence-electron chi connectivity index (χ1n) is 6.12. The number of hydrogen-bond acceptors (Lipinski definition) is 3. The molecule has 0 aliphatic rings. The van der Waals surface area contributed by atoms with Crippen LogP contribution in [0.1, 0.15) is 27.7 Å². The molecular weight excluding hydrogens is 214 g/mol. The molecule has 3 heteroatoms. The summed E-state index contributed by atoms with van der Waals surface area (Å²) in [5.74, 6) is 0.894. The van der Waals surface area contributed by atoms with Gasteiger partial charge in [0, 0.05) is 6.54 Å². The molecule has 1 aromatic carbocycles. The third-order valence-corrected chi connectivity index (χ3v) is 2.14. The Morgan fingerprint density at radius 3 is 2.53 bits per heavy atom. The van der Waals surface area contributed by atoms with Gasteiger partial charge in [-0.1, -0.05) is 12.1 Å². The molecule has 0 bridgehead atoms. The van der Waals surface area contributed by atoms with Crippen molar-refractivity contribution in [3.63, 3.8) is 0 Å². The number of rotatable bonds is 6. The van der Waals surface area contributed by atoms with Crippen molar-refractivity contribution in [2.45, 2.75) is 33.3 Å². The summed E-state index contributed by atoms with van der Waals surface area (Å²) in [6.07, 6.45) is 0. The van der Waals surface area contributed by atoms with Crippen LogP contribution in [-0.4, -0.2) is 25.4 Å². The van der Waals surface area contributed by atoms with Gasteiger partial charge in [0.25, 0.3) is 0 Å². The van der Waals surface area contributed by atoms with Gasteiger partial charge in [0.15, 0.2) is 0 Å². The number of hydrogen-bond donors (Lipinski definition) is 1. The second-order valence-corrected chi connectivity index (χ2v) is 4.82. The maximum absolute atomic E-state index is 5.65. The van der Waals surface area contributed by atoms with E-state index in [0.717, 1.165) is 18.0 Å². The van der Waals surface area contributed by atoms with Gasteiger partial charge in [-0.25, -0.2) is 0 Å². The molecule has 1 N–H and O–H groups in total. The average Bonchev–Trinajstić information content (AvgIpc) is 2.25. The van der Waals surface area contributed by atoms with Crippen molar-refractivity contribution in [2.75, 3.05) is 25.1 Å². The highest BCUT2D eigenvalue weighted by Gasteiger charge is 2.09. The van der Waals surface area contributed by atoms with E-state index in [2.05, 4.69) is 26.1 Å². The molecule has 0 spiro atoms. The van der Waals surface area contributed by atoms with Crippen LogP contribution in [0.5, 0.6) is 5.75 Å². The molecule has 3 nitrogen and oxygen atoms in total. The second kappa shape index (κ2) is 6.50. The lowest BCUT2D eigenvalue weighted by Crippen LogP contribution is -2.23. The molecule has 0 aliphatic heterocycles. The summed E-state index contributed by atoms with van der Waals surface area (Å²) in [6, 6.07) is 7.95.